The summed E-state index contributed by atoms with van der Waals surface area (Å²) in [6, 6.07) is 1.82. The summed E-state index contributed by atoms with van der Waals surface area (Å²) in [4.78, 5) is 17.0. The zero-order chi connectivity index (χ0) is 12.8. The Labute approximate surface area is 107 Å². The third kappa shape index (κ3) is 3.30. The van der Waals surface area contributed by atoms with Gasteiger partial charge in [-0.05, 0) is 26.0 Å². The van der Waals surface area contributed by atoms with Gasteiger partial charge in [0.2, 0.25) is 0 Å². The number of aromatic nitrogens is 4. The van der Waals surface area contributed by atoms with Crippen molar-refractivity contribution >= 4 is 0 Å². The lowest BCUT2D eigenvalue weighted by molar-refractivity contribution is 0.672. The summed E-state index contributed by atoms with van der Waals surface area (Å²) in [7, 11) is 0. The van der Waals surface area contributed by atoms with Crippen LogP contribution in [0.4, 0.5) is 0 Å². The molecular formula is C13H17N5. The van der Waals surface area contributed by atoms with E-state index in [2.05, 4.69) is 32.2 Å². The van der Waals surface area contributed by atoms with Gasteiger partial charge in [-0.1, -0.05) is 6.92 Å². The average Bonchev–Trinajstić information content (AvgIpc) is 2.40. The molecule has 0 aliphatic heterocycles. The van der Waals surface area contributed by atoms with Crippen molar-refractivity contribution < 1.29 is 0 Å². The monoisotopic (exact) mass is 243 g/mol. The van der Waals surface area contributed by atoms with Crippen LogP contribution in [0.1, 0.15) is 24.7 Å². The maximum absolute atomic E-state index is 4.33. The maximum Gasteiger partial charge on any atom is 0.178 e. The van der Waals surface area contributed by atoms with Crippen molar-refractivity contribution in [2.24, 2.45) is 0 Å². The minimum absolute atomic E-state index is 0.639. The zero-order valence-corrected chi connectivity index (χ0v) is 10.7. The van der Waals surface area contributed by atoms with Crippen LogP contribution in [0.2, 0.25) is 0 Å². The molecule has 0 spiro atoms. The molecule has 0 saturated carbocycles. The summed E-state index contributed by atoms with van der Waals surface area (Å²) < 4.78 is 0. The number of rotatable bonds is 5. The first-order valence-corrected chi connectivity index (χ1v) is 6.11. The number of nitrogens with one attached hydrogen (secondary N) is 1. The van der Waals surface area contributed by atoms with Crippen molar-refractivity contribution in [1.29, 1.82) is 0 Å². The maximum atomic E-state index is 4.33. The first-order chi connectivity index (χ1) is 8.79. The van der Waals surface area contributed by atoms with Gasteiger partial charge in [-0.3, -0.25) is 0 Å². The van der Waals surface area contributed by atoms with Gasteiger partial charge in [0, 0.05) is 30.7 Å². The summed E-state index contributed by atoms with van der Waals surface area (Å²) in [6.07, 6.45) is 6.52. The zero-order valence-electron chi connectivity index (χ0n) is 10.7. The van der Waals surface area contributed by atoms with Crippen LogP contribution in [0.15, 0.2) is 24.7 Å². The Bertz CT molecular complexity index is 495. The molecule has 5 heteroatoms. The van der Waals surface area contributed by atoms with Gasteiger partial charge in [0.1, 0.15) is 11.5 Å². The fourth-order valence-corrected chi connectivity index (χ4v) is 1.57. The Morgan fingerprint density at radius 2 is 1.94 bits per heavy atom. The second-order valence-corrected chi connectivity index (χ2v) is 4.08. The van der Waals surface area contributed by atoms with Gasteiger partial charge in [0.25, 0.3) is 0 Å². The normalized spacial score (nSPS) is 10.6. The largest absolute Gasteiger partial charge is 0.313 e. The summed E-state index contributed by atoms with van der Waals surface area (Å²) in [6.45, 7) is 5.81. The molecule has 2 aromatic rings. The van der Waals surface area contributed by atoms with E-state index in [9.17, 15) is 0 Å². The van der Waals surface area contributed by atoms with E-state index in [-0.39, 0.29) is 0 Å². The van der Waals surface area contributed by atoms with Crippen LogP contribution in [0, 0.1) is 6.92 Å². The smallest absolute Gasteiger partial charge is 0.178 e. The predicted molar refractivity (Wildman–Crippen MR) is 69.8 cm³/mol. The first kappa shape index (κ1) is 12.6. The van der Waals surface area contributed by atoms with E-state index in [1.54, 1.807) is 6.20 Å². The van der Waals surface area contributed by atoms with Gasteiger partial charge < -0.3 is 5.32 Å². The van der Waals surface area contributed by atoms with Crippen LogP contribution in [-0.4, -0.2) is 26.5 Å². The van der Waals surface area contributed by atoms with E-state index in [4.69, 9.17) is 0 Å². The molecule has 2 rings (SSSR count). The van der Waals surface area contributed by atoms with Gasteiger partial charge in [-0.2, -0.15) is 0 Å². The van der Waals surface area contributed by atoms with Crippen molar-refractivity contribution in [2.75, 3.05) is 6.54 Å². The van der Waals surface area contributed by atoms with Crippen molar-refractivity contribution in [3.8, 4) is 11.5 Å². The Hall–Kier alpha value is -1.88. The fourth-order valence-electron chi connectivity index (χ4n) is 1.57. The highest BCUT2D eigenvalue weighted by Crippen LogP contribution is 2.10. The Morgan fingerprint density at radius 1 is 1.17 bits per heavy atom. The lowest BCUT2D eigenvalue weighted by Gasteiger charge is -2.04. The standard InChI is InChI=1S/C13H17N5/c1-3-5-14-7-11-8-16-13(17-9-11)12-4-6-15-10(2)18-12/h4,6,8-9,14H,3,5,7H2,1-2H3. The second kappa shape index (κ2) is 6.16. The van der Waals surface area contributed by atoms with E-state index in [1.807, 2.05) is 25.4 Å². The average molecular weight is 243 g/mol. The predicted octanol–water partition coefficient (Wildman–Crippen LogP) is 1.74. The number of nitrogens with zero attached hydrogens (tertiary/aromatic N) is 4. The quantitative estimate of drug-likeness (QED) is 0.810. The highest BCUT2D eigenvalue weighted by atomic mass is 14.9. The molecule has 2 heterocycles. The number of hydrogen-bond acceptors (Lipinski definition) is 5. The molecule has 0 fully saturated rings. The van der Waals surface area contributed by atoms with E-state index in [0.29, 0.717) is 5.82 Å². The molecule has 0 aliphatic carbocycles. The van der Waals surface area contributed by atoms with Crippen LogP contribution in [0.5, 0.6) is 0 Å². The number of hydrogen-bond donors (Lipinski definition) is 1. The molecule has 0 aromatic carbocycles. The molecule has 94 valence electrons. The van der Waals surface area contributed by atoms with Crippen molar-refractivity contribution in [1.82, 2.24) is 25.3 Å². The Kier molecular flexibility index (Phi) is 4.30. The molecule has 0 atom stereocenters. The molecule has 0 aliphatic rings. The van der Waals surface area contributed by atoms with Gasteiger partial charge in [0.05, 0.1) is 0 Å². The summed E-state index contributed by atoms with van der Waals surface area (Å²) >= 11 is 0. The SMILES string of the molecule is CCCNCc1cnc(-c2ccnc(C)n2)nc1. The van der Waals surface area contributed by atoms with Crippen molar-refractivity contribution in [3.63, 3.8) is 0 Å². The van der Waals surface area contributed by atoms with E-state index in [0.717, 1.165) is 36.6 Å². The molecule has 2 aromatic heterocycles. The number of aryl methyl sites for hydroxylation is 1. The van der Waals surface area contributed by atoms with E-state index < -0.39 is 0 Å². The highest BCUT2D eigenvalue weighted by Gasteiger charge is 2.03. The van der Waals surface area contributed by atoms with Crippen LogP contribution < -0.4 is 5.32 Å². The second-order valence-electron chi connectivity index (χ2n) is 4.08. The lowest BCUT2D eigenvalue weighted by Crippen LogP contribution is -2.14. The fraction of sp³-hybridized carbons (Fsp3) is 0.385. The Balaban J connectivity index is 2.07. The highest BCUT2D eigenvalue weighted by molar-refractivity contribution is 5.47. The van der Waals surface area contributed by atoms with Gasteiger partial charge in [-0.25, -0.2) is 19.9 Å². The van der Waals surface area contributed by atoms with Crippen LogP contribution in [0.3, 0.4) is 0 Å². The first-order valence-electron chi connectivity index (χ1n) is 6.11. The van der Waals surface area contributed by atoms with E-state index >= 15 is 0 Å². The molecular weight excluding hydrogens is 226 g/mol. The van der Waals surface area contributed by atoms with E-state index in [1.165, 1.54) is 0 Å². The molecule has 0 unspecified atom stereocenters. The molecule has 0 amide bonds. The molecule has 0 saturated heterocycles. The molecule has 18 heavy (non-hydrogen) atoms. The topological polar surface area (TPSA) is 63.6 Å². The van der Waals surface area contributed by atoms with Crippen molar-refractivity contribution in [2.45, 2.75) is 26.8 Å². The van der Waals surface area contributed by atoms with Gasteiger partial charge in [0.15, 0.2) is 5.82 Å². The Morgan fingerprint density at radius 3 is 2.61 bits per heavy atom. The summed E-state index contributed by atoms with van der Waals surface area (Å²) in [5, 5.41) is 3.31. The van der Waals surface area contributed by atoms with Crippen LogP contribution >= 0.6 is 0 Å². The van der Waals surface area contributed by atoms with Gasteiger partial charge in [-0.15, -0.1) is 0 Å². The lowest BCUT2D eigenvalue weighted by atomic mass is 10.3. The summed E-state index contributed by atoms with van der Waals surface area (Å²) in [5.74, 6) is 1.37. The van der Waals surface area contributed by atoms with Crippen LogP contribution in [0.25, 0.3) is 11.5 Å². The minimum atomic E-state index is 0.639. The molecule has 0 bridgehead atoms. The van der Waals surface area contributed by atoms with Crippen LogP contribution in [-0.2, 0) is 6.54 Å². The van der Waals surface area contributed by atoms with Crippen molar-refractivity contribution in [3.05, 3.63) is 36.0 Å². The minimum Gasteiger partial charge on any atom is -0.313 e. The summed E-state index contributed by atoms with van der Waals surface area (Å²) in [5.41, 5.74) is 1.84. The molecule has 5 nitrogen and oxygen atoms in total. The molecule has 1 N–H and O–H groups in total. The third-order valence-electron chi connectivity index (χ3n) is 2.47. The molecule has 0 radical (unpaired) electrons. The third-order valence-corrected chi connectivity index (χ3v) is 2.47. The van der Waals surface area contributed by atoms with Gasteiger partial charge >= 0.3 is 0 Å².